The maximum atomic E-state index is 11.6. The fraction of sp³-hybridized carbons (Fsp3) is 0.391. The van der Waals surface area contributed by atoms with Crippen molar-refractivity contribution in [2.45, 2.75) is 33.6 Å². The number of benzene rings is 1. The Morgan fingerprint density at radius 2 is 2.00 bits per heavy atom. The number of aromatic nitrogens is 4. The van der Waals surface area contributed by atoms with Gasteiger partial charge in [0.05, 0.1) is 23.7 Å². The molecule has 8 heteroatoms. The van der Waals surface area contributed by atoms with Crippen molar-refractivity contribution in [1.29, 1.82) is 0 Å². The Morgan fingerprint density at radius 3 is 2.68 bits per heavy atom. The molecule has 0 fully saturated rings. The number of amides is 1. The minimum atomic E-state index is -0.211. The molecule has 3 aromatic rings. The molecule has 0 aliphatic rings. The van der Waals surface area contributed by atoms with Crippen LogP contribution in [0.2, 0.25) is 0 Å². The molecule has 0 saturated heterocycles. The number of nitrogens with zero attached hydrogens (tertiary/aromatic N) is 5. The Bertz CT molecular complexity index is 1050. The SMILES string of the molecule is CCc1cc(-c2cc(N(C)CCCOc3ccccc3C)nc(NC(C)=O)n2)n(C)n1. The molecule has 164 valence electrons. The summed E-state index contributed by atoms with van der Waals surface area (Å²) in [6.45, 7) is 6.89. The van der Waals surface area contributed by atoms with Gasteiger partial charge in [0.1, 0.15) is 11.6 Å². The molecule has 8 nitrogen and oxygen atoms in total. The quantitative estimate of drug-likeness (QED) is 0.530. The fourth-order valence-electron chi connectivity index (χ4n) is 3.23. The van der Waals surface area contributed by atoms with E-state index in [9.17, 15) is 4.79 Å². The van der Waals surface area contributed by atoms with E-state index in [0.717, 1.165) is 47.9 Å². The van der Waals surface area contributed by atoms with Gasteiger partial charge in [0.2, 0.25) is 11.9 Å². The Balaban J connectivity index is 1.74. The number of para-hydroxylation sites is 1. The largest absolute Gasteiger partial charge is 0.493 e. The molecular formula is C23H30N6O2. The van der Waals surface area contributed by atoms with Crippen molar-refractivity contribution < 1.29 is 9.53 Å². The molecule has 31 heavy (non-hydrogen) atoms. The van der Waals surface area contributed by atoms with Crippen molar-refractivity contribution in [2.75, 3.05) is 30.4 Å². The van der Waals surface area contributed by atoms with Gasteiger partial charge >= 0.3 is 0 Å². The number of anilines is 2. The van der Waals surface area contributed by atoms with Crippen molar-refractivity contribution in [3.63, 3.8) is 0 Å². The lowest BCUT2D eigenvalue weighted by atomic mass is 10.2. The lowest BCUT2D eigenvalue weighted by Gasteiger charge is -2.20. The van der Waals surface area contributed by atoms with E-state index < -0.39 is 0 Å². The summed E-state index contributed by atoms with van der Waals surface area (Å²) >= 11 is 0. The van der Waals surface area contributed by atoms with E-state index in [1.54, 1.807) is 4.68 Å². The third-order valence-electron chi connectivity index (χ3n) is 4.94. The standard InChI is InChI=1S/C23H30N6O2/c1-6-18-14-20(29(5)27-18)19-15-22(26-23(25-19)24-17(3)30)28(4)12-9-13-31-21-11-8-7-10-16(21)2/h7-8,10-11,14-15H,6,9,12-13H2,1-5H3,(H,24,25,26,30). The van der Waals surface area contributed by atoms with Gasteiger partial charge in [-0.3, -0.25) is 14.8 Å². The van der Waals surface area contributed by atoms with Gasteiger partial charge < -0.3 is 9.64 Å². The number of rotatable bonds is 9. The van der Waals surface area contributed by atoms with Gasteiger partial charge in [-0.15, -0.1) is 0 Å². The summed E-state index contributed by atoms with van der Waals surface area (Å²) in [6, 6.07) is 11.9. The second-order valence-corrected chi connectivity index (χ2v) is 7.50. The minimum absolute atomic E-state index is 0.211. The molecule has 0 aliphatic heterocycles. The Labute approximate surface area is 183 Å². The molecule has 2 aromatic heterocycles. The maximum Gasteiger partial charge on any atom is 0.232 e. The molecule has 0 aliphatic carbocycles. The van der Waals surface area contributed by atoms with Gasteiger partial charge in [0, 0.05) is 33.6 Å². The molecule has 0 bridgehead atoms. The summed E-state index contributed by atoms with van der Waals surface area (Å²) in [5.41, 5.74) is 3.70. The van der Waals surface area contributed by atoms with Crippen LogP contribution in [0.25, 0.3) is 11.4 Å². The Hall–Kier alpha value is -3.42. The monoisotopic (exact) mass is 422 g/mol. The van der Waals surface area contributed by atoms with E-state index in [4.69, 9.17) is 4.74 Å². The van der Waals surface area contributed by atoms with Crippen LogP contribution in [0.1, 0.15) is 31.5 Å². The third-order valence-corrected chi connectivity index (χ3v) is 4.94. The highest BCUT2D eigenvalue weighted by molar-refractivity contribution is 5.87. The predicted molar refractivity (Wildman–Crippen MR) is 122 cm³/mol. The number of aryl methyl sites for hydroxylation is 3. The highest BCUT2D eigenvalue weighted by Gasteiger charge is 2.14. The summed E-state index contributed by atoms with van der Waals surface area (Å²) in [4.78, 5) is 22.7. The number of nitrogens with one attached hydrogen (secondary N) is 1. The van der Waals surface area contributed by atoms with E-state index >= 15 is 0 Å². The first kappa shape index (κ1) is 22.3. The van der Waals surface area contributed by atoms with E-state index in [1.807, 2.05) is 62.3 Å². The van der Waals surface area contributed by atoms with Gasteiger partial charge in [-0.25, -0.2) is 4.98 Å². The summed E-state index contributed by atoms with van der Waals surface area (Å²) < 4.78 is 7.70. The van der Waals surface area contributed by atoms with Crippen LogP contribution in [0.15, 0.2) is 36.4 Å². The van der Waals surface area contributed by atoms with Gasteiger partial charge in [-0.05, 0) is 37.5 Å². The molecular weight excluding hydrogens is 392 g/mol. The number of carbonyl (C=O) groups is 1. The molecule has 1 amide bonds. The lowest BCUT2D eigenvalue weighted by molar-refractivity contribution is -0.114. The van der Waals surface area contributed by atoms with Gasteiger partial charge in [-0.1, -0.05) is 25.1 Å². The average Bonchev–Trinajstić information content (AvgIpc) is 3.12. The second kappa shape index (κ2) is 10.1. The molecule has 0 saturated carbocycles. The number of ether oxygens (including phenoxy) is 1. The van der Waals surface area contributed by atoms with E-state index in [-0.39, 0.29) is 11.9 Å². The zero-order chi connectivity index (χ0) is 22.4. The van der Waals surface area contributed by atoms with Gasteiger partial charge in [0.15, 0.2) is 0 Å². The number of hydrogen-bond acceptors (Lipinski definition) is 6. The first-order chi connectivity index (χ1) is 14.9. The van der Waals surface area contributed by atoms with Crippen LogP contribution >= 0.6 is 0 Å². The molecule has 0 spiro atoms. The molecule has 3 rings (SSSR count). The van der Waals surface area contributed by atoms with Crippen LogP contribution in [0, 0.1) is 6.92 Å². The van der Waals surface area contributed by atoms with Crippen LogP contribution in [0.5, 0.6) is 5.75 Å². The maximum absolute atomic E-state index is 11.6. The normalized spacial score (nSPS) is 10.7. The van der Waals surface area contributed by atoms with Crippen molar-refractivity contribution in [1.82, 2.24) is 19.7 Å². The number of carbonyl (C=O) groups excluding carboxylic acids is 1. The van der Waals surface area contributed by atoms with E-state index in [0.29, 0.717) is 12.3 Å². The summed E-state index contributed by atoms with van der Waals surface area (Å²) in [5, 5.41) is 7.21. The van der Waals surface area contributed by atoms with Crippen molar-refractivity contribution >= 4 is 17.7 Å². The third kappa shape index (κ3) is 5.81. The second-order valence-electron chi connectivity index (χ2n) is 7.50. The summed E-state index contributed by atoms with van der Waals surface area (Å²) in [6.07, 6.45) is 1.66. The van der Waals surface area contributed by atoms with Crippen LogP contribution in [-0.4, -0.2) is 45.9 Å². The van der Waals surface area contributed by atoms with Gasteiger partial charge in [-0.2, -0.15) is 10.1 Å². The molecule has 1 aromatic carbocycles. The summed E-state index contributed by atoms with van der Waals surface area (Å²) in [5.74, 6) is 1.70. The first-order valence-electron chi connectivity index (χ1n) is 10.5. The van der Waals surface area contributed by atoms with Crippen LogP contribution in [-0.2, 0) is 18.3 Å². The highest BCUT2D eigenvalue weighted by atomic mass is 16.5. The topological polar surface area (TPSA) is 85.2 Å². The zero-order valence-corrected chi connectivity index (χ0v) is 18.8. The zero-order valence-electron chi connectivity index (χ0n) is 18.8. The lowest BCUT2D eigenvalue weighted by Crippen LogP contribution is -2.23. The highest BCUT2D eigenvalue weighted by Crippen LogP contribution is 2.24. The Morgan fingerprint density at radius 1 is 1.23 bits per heavy atom. The molecule has 0 unspecified atom stereocenters. The molecule has 0 radical (unpaired) electrons. The minimum Gasteiger partial charge on any atom is -0.493 e. The van der Waals surface area contributed by atoms with Crippen LogP contribution in [0.4, 0.5) is 11.8 Å². The van der Waals surface area contributed by atoms with E-state index in [1.165, 1.54) is 6.92 Å². The number of hydrogen-bond donors (Lipinski definition) is 1. The molecule has 0 atom stereocenters. The van der Waals surface area contributed by atoms with Crippen LogP contribution < -0.4 is 15.0 Å². The van der Waals surface area contributed by atoms with E-state index in [2.05, 4.69) is 27.3 Å². The first-order valence-corrected chi connectivity index (χ1v) is 10.5. The summed E-state index contributed by atoms with van der Waals surface area (Å²) in [7, 11) is 3.86. The predicted octanol–water partition coefficient (Wildman–Crippen LogP) is 3.61. The fourth-order valence-corrected chi connectivity index (χ4v) is 3.23. The van der Waals surface area contributed by atoms with Crippen molar-refractivity contribution in [3.8, 4) is 17.1 Å². The smallest absolute Gasteiger partial charge is 0.232 e. The van der Waals surface area contributed by atoms with Crippen molar-refractivity contribution in [2.24, 2.45) is 7.05 Å². The average molecular weight is 423 g/mol. The Kier molecular flexibility index (Phi) is 7.23. The van der Waals surface area contributed by atoms with Gasteiger partial charge in [0.25, 0.3) is 0 Å². The molecule has 2 heterocycles. The van der Waals surface area contributed by atoms with Crippen molar-refractivity contribution in [3.05, 3.63) is 47.7 Å². The van der Waals surface area contributed by atoms with Crippen LogP contribution in [0.3, 0.4) is 0 Å². The molecule has 1 N–H and O–H groups in total.